The molecule has 0 saturated heterocycles. The molecular weight excluding hydrogens is 242 g/mol. The van der Waals surface area contributed by atoms with Crippen molar-refractivity contribution in [1.29, 1.82) is 0 Å². The highest BCUT2D eigenvalue weighted by molar-refractivity contribution is 7.05. The van der Waals surface area contributed by atoms with Gasteiger partial charge in [0.15, 0.2) is 0 Å². The third-order valence-corrected chi connectivity index (χ3v) is 3.74. The Morgan fingerprint density at radius 1 is 1.22 bits per heavy atom. The lowest BCUT2D eigenvalue weighted by molar-refractivity contribution is 0.601. The van der Waals surface area contributed by atoms with Crippen LogP contribution in [0.3, 0.4) is 0 Å². The summed E-state index contributed by atoms with van der Waals surface area (Å²) < 4.78 is 4.10. The number of aromatic nitrogens is 2. The molecule has 0 spiro atoms. The largest absolute Gasteiger partial charge is 0.305 e. The fourth-order valence-corrected chi connectivity index (χ4v) is 2.82. The molecule has 1 aromatic heterocycles. The second-order valence-corrected chi connectivity index (χ2v) is 5.02. The Kier molecular flexibility index (Phi) is 4.84. The van der Waals surface area contributed by atoms with Gasteiger partial charge in [-0.3, -0.25) is 0 Å². The third-order valence-electron chi connectivity index (χ3n) is 2.91. The van der Waals surface area contributed by atoms with Gasteiger partial charge in [-0.2, -0.15) is 0 Å². The monoisotopic (exact) mass is 261 g/mol. The summed E-state index contributed by atoms with van der Waals surface area (Å²) in [6.45, 7) is 5.31. The minimum Gasteiger partial charge on any atom is -0.305 e. The van der Waals surface area contributed by atoms with E-state index in [1.165, 1.54) is 22.0 Å². The molecule has 1 heterocycles. The van der Waals surface area contributed by atoms with Gasteiger partial charge in [0, 0.05) is 0 Å². The second-order valence-electron chi connectivity index (χ2n) is 4.24. The highest BCUT2D eigenvalue weighted by Crippen LogP contribution is 2.27. The molecule has 1 atom stereocenters. The number of nitrogens with zero attached hydrogens (tertiary/aromatic N) is 2. The lowest BCUT2D eigenvalue weighted by Crippen LogP contribution is -2.23. The maximum Gasteiger partial charge on any atom is 0.0804 e. The van der Waals surface area contributed by atoms with E-state index in [0.29, 0.717) is 0 Å². The smallest absolute Gasteiger partial charge is 0.0804 e. The number of hydrogen-bond donors (Lipinski definition) is 1. The number of hydrogen-bond acceptors (Lipinski definition) is 4. The molecule has 1 N–H and O–H groups in total. The summed E-state index contributed by atoms with van der Waals surface area (Å²) in [7, 11) is 0. The molecule has 1 aromatic carbocycles. The van der Waals surface area contributed by atoms with Gasteiger partial charge < -0.3 is 5.32 Å². The number of rotatable bonds is 6. The van der Waals surface area contributed by atoms with Crippen LogP contribution in [0, 0.1) is 0 Å². The zero-order valence-electron chi connectivity index (χ0n) is 10.9. The van der Waals surface area contributed by atoms with E-state index in [1.54, 1.807) is 0 Å². The standard InChI is InChI=1S/C14H19N3S/c1-3-10-15-13(11-8-6-5-7-9-11)14-12(4-2)16-17-18-14/h5-9,13,15H,3-4,10H2,1-2H3. The molecule has 1 unspecified atom stereocenters. The van der Waals surface area contributed by atoms with Crippen molar-refractivity contribution in [3.8, 4) is 0 Å². The zero-order chi connectivity index (χ0) is 12.8. The Hall–Kier alpha value is -1.26. The van der Waals surface area contributed by atoms with Crippen LogP contribution in [0.4, 0.5) is 0 Å². The van der Waals surface area contributed by atoms with E-state index in [1.807, 2.05) is 6.07 Å². The molecular formula is C14H19N3S. The maximum absolute atomic E-state index is 4.22. The first-order chi connectivity index (χ1) is 8.86. The molecule has 0 fully saturated rings. The summed E-state index contributed by atoms with van der Waals surface area (Å²) in [5, 5.41) is 7.81. The molecule has 0 bridgehead atoms. The van der Waals surface area contributed by atoms with Crippen LogP contribution in [0.25, 0.3) is 0 Å². The summed E-state index contributed by atoms with van der Waals surface area (Å²) in [6, 6.07) is 10.7. The summed E-state index contributed by atoms with van der Waals surface area (Å²) in [5.41, 5.74) is 2.39. The topological polar surface area (TPSA) is 37.8 Å². The first-order valence-corrected chi connectivity index (χ1v) is 7.23. The average Bonchev–Trinajstić information content (AvgIpc) is 2.89. The highest BCUT2D eigenvalue weighted by atomic mass is 32.1. The van der Waals surface area contributed by atoms with E-state index in [-0.39, 0.29) is 6.04 Å². The fourth-order valence-electron chi connectivity index (χ4n) is 1.98. The molecule has 0 saturated carbocycles. The van der Waals surface area contributed by atoms with E-state index >= 15 is 0 Å². The lowest BCUT2D eigenvalue weighted by atomic mass is 10.0. The molecule has 4 heteroatoms. The molecule has 0 aliphatic heterocycles. The number of aryl methyl sites for hydroxylation is 1. The highest BCUT2D eigenvalue weighted by Gasteiger charge is 2.19. The van der Waals surface area contributed by atoms with Crippen molar-refractivity contribution < 1.29 is 0 Å². The Morgan fingerprint density at radius 3 is 2.67 bits per heavy atom. The molecule has 18 heavy (non-hydrogen) atoms. The predicted octanol–water partition coefficient (Wildman–Crippen LogP) is 3.19. The Morgan fingerprint density at radius 2 is 2.00 bits per heavy atom. The van der Waals surface area contributed by atoms with Gasteiger partial charge in [0.25, 0.3) is 0 Å². The second kappa shape index (κ2) is 6.61. The minimum absolute atomic E-state index is 0.223. The van der Waals surface area contributed by atoms with Crippen molar-refractivity contribution in [2.24, 2.45) is 0 Å². The van der Waals surface area contributed by atoms with Crippen LogP contribution in [0.15, 0.2) is 30.3 Å². The summed E-state index contributed by atoms with van der Waals surface area (Å²) >= 11 is 1.50. The van der Waals surface area contributed by atoms with Crippen molar-refractivity contribution >= 4 is 11.5 Å². The first-order valence-electron chi connectivity index (χ1n) is 6.46. The third kappa shape index (κ3) is 2.94. The van der Waals surface area contributed by atoms with Gasteiger partial charge in [-0.25, -0.2) is 0 Å². The molecule has 0 aliphatic rings. The SMILES string of the molecule is CCCNC(c1ccccc1)c1snnc1CC. The van der Waals surface area contributed by atoms with E-state index < -0.39 is 0 Å². The molecule has 96 valence electrons. The lowest BCUT2D eigenvalue weighted by Gasteiger charge is -2.18. The number of nitrogens with one attached hydrogen (secondary N) is 1. The average molecular weight is 261 g/mol. The van der Waals surface area contributed by atoms with Gasteiger partial charge in [0.05, 0.1) is 16.6 Å². The molecule has 0 radical (unpaired) electrons. The van der Waals surface area contributed by atoms with Gasteiger partial charge in [-0.1, -0.05) is 48.7 Å². The Bertz CT molecular complexity index is 467. The van der Waals surface area contributed by atoms with Crippen LogP contribution in [0.5, 0.6) is 0 Å². The minimum atomic E-state index is 0.223. The van der Waals surface area contributed by atoms with E-state index in [2.05, 4.69) is 53.0 Å². The van der Waals surface area contributed by atoms with Crippen LogP contribution in [0.1, 0.15) is 42.4 Å². The fraction of sp³-hybridized carbons (Fsp3) is 0.429. The summed E-state index contributed by atoms with van der Waals surface area (Å²) in [4.78, 5) is 1.25. The van der Waals surface area contributed by atoms with Crippen molar-refractivity contribution in [2.75, 3.05) is 6.54 Å². The molecule has 2 rings (SSSR count). The Labute approximate surface area is 112 Å². The van der Waals surface area contributed by atoms with Crippen LogP contribution in [0.2, 0.25) is 0 Å². The van der Waals surface area contributed by atoms with Gasteiger partial charge in [0.2, 0.25) is 0 Å². The van der Waals surface area contributed by atoms with Gasteiger partial charge in [-0.15, -0.1) is 5.10 Å². The summed E-state index contributed by atoms with van der Waals surface area (Å²) in [6.07, 6.45) is 2.06. The van der Waals surface area contributed by atoms with Crippen LogP contribution in [-0.2, 0) is 6.42 Å². The maximum atomic E-state index is 4.22. The molecule has 0 aliphatic carbocycles. The van der Waals surface area contributed by atoms with Gasteiger partial charge in [-0.05, 0) is 36.5 Å². The van der Waals surface area contributed by atoms with Crippen LogP contribution >= 0.6 is 11.5 Å². The molecule has 0 amide bonds. The van der Waals surface area contributed by atoms with E-state index in [9.17, 15) is 0 Å². The van der Waals surface area contributed by atoms with Crippen molar-refractivity contribution in [1.82, 2.24) is 14.9 Å². The van der Waals surface area contributed by atoms with E-state index in [4.69, 9.17) is 0 Å². The van der Waals surface area contributed by atoms with Crippen molar-refractivity contribution in [3.05, 3.63) is 46.5 Å². The first kappa shape index (κ1) is 13.2. The van der Waals surface area contributed by atoms with Crippen LogP contribution in [-0.4, -0.2) is 16.1 Å². The predicted molar refractivity (Wildman–Crippen MR) is 75.9 cm³/mol. The van der Waals surface area contributed by atoms with Crippen LogP contribution < -0.4 is 5.32 Å². The normalized spacial score (nSPS) is 12.6. The van der Waals surface area contributed by atoms with Gasteiger partial charge in [0.1, 0.15) is 0 Å². The summed E-state index contributed by atoms with van der Waals surface area (Å²) in [5.74, 6) is 0. The van der Waals surface area contributed by atoms with E-state index in [0.717, 1.165) is 25.1 Å². The Balaban J connectivity index is 2.31. The quantitative estimate of drug-likeness (QED) is 0.868. The van der Waals surface area contributed by atoms with Crippen molar-refractivity contribution in [2.45, 2.75) is 32.7 Å². The molecule has 3 nitrogen and oxygen atoms in total. The zero-order valence-corrected chi connectivity index (χ0v) is 11.7. The number of benzene rings is 1. The molecule has 2 aromatic rings. The van der Waals surface area contributed by atoms with Gasteiger partial charge >= 0.3 is 0 Å². The van der Waals surface area contributed by atoms with Crippen molar-refractivity contribution in [3.63, 3.8) is 0 Å².